The van der Waals surface area contributed by atoms with Crippen molar-refractivity contribution >= 4 is 23.2 Å². The first kappa shape index (κ1) is 23.2. The van der Waals surface area contributed by atoms with Crippen molar-refractivity contribution in [2.75, 3.05) is 13.1 Å². The van der Waals surface area contributed by atoms with E-state index in [0.717, 1.165) is 18.4 Å². The van der Waals surface area contributed by atoms with Crippen LogP contribution in [-0.2, 0) is 23.8 Å². The zero-order valence-electron chi connectivity index (χ0n) is 15.5. The Morgan fingerprint density at radius 3 is 2.10 bits per heavy atom. The van der Waals surface area contributed by atoms with E-state index < -0.39 is 30.1 Å². The minimum Gasteiger partial charge on any atom is -0.294 e. The van der Waals surface area contributed by atoms with Crippen molar-refractivity contribution in [3.63, 3.8) is 0 Å². The summed E-state index contributed by atoms with van der Waals surface area (Å²) < 4.78 is 78.0. The van der Waals surface area contributed by atoms with E-state index in [9.17, 15) is 26.3 Å². The third-order valence-electron chi connectivity index (χ3n) is 4.86. The van der Waals surface area contributed by atoms with Crippen molar-refractivity contribution in [3.8, 4) is 0 Å². The zero-order valence-corrected chi connectivity index (χ0v) is 17.0. The van der Waals surface area contributed by atoms with Gasteiger partial charge in [0.15, 0.2) is 0 Å². The number of rotatable bonds is 4. The first-order valence-corrected chi connectivity index (χ1v) is 9.80. The highest BCUT2D eigenvalue weighted by atomic mass is 35.5. The highest BCUT2D eigenvalue weighted by Crippen LogP contribution is 2.37. The highest BCUT2D eigenvalue weighted by Gasteiger charge is 2.37. The molecule has 0 amide bonds. The van der Waals surface area contributed by atoms with Gasteiger partial charge in [0.05, 0.1) is 27.8 Å². The molecule has 1 aliphatic rings. The van der Waals surface area contributed by atoms with Gasteiger partial charge in [-0.3, -0.25) is 4.84 Å². The van der Waals surface area contributed by atoms with Gasteiger partial charge in [0, 0.05) is 13.1 Å². The molecular formula is C20H17Cl2F6NO. The lowest BCUT2D eigenvalue weighted by Crippen LogP contribution is -2.34. The first-order chi connectivity index (χ1) is 13.9. The Balaban J connectivity index is 1.72. The van der Waals surface area contributed by atoms with Crippen LogP contribution in [0.15, 0.2) is 36.4 Å². The van der Waals surface area contributed by atoms with Crippen molar-refractivity contribution in [1.29, 1.82) is 0 Å². The van der Waals surface area contributed by atoms with E-state index in [4.69, 9.17) is 28.0 Å². The zero-order chi connectivity index (χ0) is 22.1. The Hall–Kier alpha value is -1.48. The standard InChI is InChI=1S/C20H17Cl2F6NO/c21-17-4-3-13(8-18(17)22)14-2-1-5-29(10-14)30-11-12-6-15(19(23,24)25)9-16(7-12)20(26,27)28/h3-4,6-9,14H,1-2,5,10-11H2. The van der Waals surface area contributed by atoms with E-state index in [1.807, 2.05) is 6.07 Å². The fraction of sp³-hybridized carbons (Fsp3) is 0.400. The van der Waals surface area contributed by atoms with Crippen LogP contribution < -0.4 is 0 Å². The molecule has 0 radical (unpaired) electrons. The lowest BCUT2D eigenvalue weighted by atomic mass is 9.91. The third-order valence-corrected chi connectivity index (χ3v) is 5.60. The minimum absolute atomic E-state index is 0.0563. The molecule has 1 aliphatic heterocycles. The van der Waals surface area contributed by atoms with E-state index in [1.165, 1.54) is 0 Å². The smallest absolute Gasteiger partial charge is 0.294 e. The topological polar surface area (TPSA) is 12.5 Å². The summed E-state index contributed by atoms with van der Waals surface area (Å²) in [5.74, 6) is 0.0563. The largest absolute Gasteiger partial charge is 0.416 e. The number of hydrogen-bond donors (Lipinski definition) is 0. The Bertz CT molecular complexity index is 868. The molecule has 1 atom stereocenters. The van der Waals surface area contributed by atoms with Crippen LogP contribution in [0.5, 0.6) is 0 Å². The first-order valence-electron chi connectivity index (χ1n) is 9.04. The van der Waals surface area contributed by atoms with Crippen LogP contribution >= 0.6 is 23.2 Å². The van der Waals surface area contributed by atoms with E-state index in [1.54, 1.807) is 17.2 Å². The van der Waals surface area contributed by atoms with E-state index in [2.05, 4.69) is 0 Å². The van der Waals surface area contributed by atoms with Gasteiger partial charge in [-0.1, -0.05) is 29.3 Å². The minimum atomic E-state index is -4.89. The number of halogens is 8. The molecule has 2 aromatic carbocycles. The van der Waals surface area contributed by atoms with Crippen molar-refractivity contribution in [2.45, 2.75) is 37.7 Å². The van der Waals surface area contributed by atoms with Gasteiger partial charge < -0.3 is 0 Å². The molecule has 0 bridgehead atoms. The van der Waals surface area contributed by atoms with Gasteiger partial charge >= 0.3 is 12.4 Å². The number of alkyl halides is 6. The van der Waals surface area contributed by atoms with E-state index in [-0.39, 0.29) is 17.5 Å². The van der Waals surface area contributed by atoms with Gasteiger partial charge in [-0.2, -0.15) is 31.4 Å². The summed E-state index contributed by atoms with van der Waals surface area (Å²) in [7, 11) is 0. The van der Waals surface area contributed by atoms with Gasteiger partial charge in [0.25, 0.3) is 0 Å². The molecular weight excluding hydrogens is 455 g/mol. The molecule has 0 aliphatic carbocycles. The van der Waals surface area contributed by atoms with Crippen molar-refractivity contribution in [3.05, 3.63) is 68.7 Å². The number of benzene rings is 2. The Morgan fingerprint density at radius 1 is 0.900 bits per heavy atom. The van der Waals surface area contributed by atoms with Gasteiger partial charge in [-0.05, 0) is 60.2 Å². The monoisotopic (exact) mass is 471 g/mol. The maximum atomic E-state index is 13.0. The van der Waals surface area contributed by atoms with Crippen LogP contribution in [0, 0.1) is 0 Å². The second kappa shape index (κ2) is 8.94. The van der Waals surface area contributed by atoms with Gasteiger partial charge in [0.2, 0.25) is 0 Å². The summed E-state index contributed by atoms with van der Waals surface area (Å²) in [5, 5.41) is 2.40. The Kier molecular flexibility index (Phi) is 6.91. The second-order valence-electron chi connectivity index (χ2n) is 7.09. The Morgan fingerprint density at radius 2 is 1.53 bits per heavy atom. The lowest BCUT2D eigenvalue weighted by Gasteiger charge is -2.32. The van der Waals surface area contributed by atoms with Crippen LogP contribution in [0.1, 0.15) is 41.0 Å². The molecule has 3 rings (SSSR count). The van der Waals surface area contributed by atoms with Gasteiger partial charge in [-0.25, -0.2) is 0 Å². The molecule has 0 saturated carbocycles. The van der Waals surface area contributed by atoms with Crippen LogP contribution in [0.25, 0.3) is 0 Å². The summed E-state index contributed by atoms with van der Waals surface area (Å²) in [6.45, 7) is 0.549. The van der Waals surface area contributed by atoms with Gasteiger partial charge in [-0.15, -0.1) is 0 Å². The number of piperidine rings is 1. The molecule has 1 fully saturated rings. The molecule has 1 unspecified atom stereocenters. The average molecular weight is 472 g/mol. The molecule has 164 valence electrons. The molecule has 2 aromatic rings. The summed E-state index contributed by atoms with van der Waals surface area (Å²) in [6, 6.07) is 6.72. The summed E-state index contributed by atoms with van der Waals surface area (Å²) in [4.78, 5) is 5.55. The number of nitrogens with zero attached hydrogens (tertiary/aromatic N) is 1. The van der Waals surface area contributed by atoms with E-state index in [0.29, 0.717) is 35.3 Å². The fourth-order valence-corrected chi connectivity index (χ4v) is 3.67. The maximum absolute atomic E-state index is 13.0. The van der Waals surface area contributed by atoms with Crippen LogP contribution in [-0.4, -0.2) is 18.2 Å². The highest BCUT2D eigenvalue weighted by molar-refractivity contribution is 6.42. The quantitative estimate of drug-likeness (QED) is 0.432. The molecule has 0 N–H and O–H groups in total. The molecule has 10 heteroatoms. The van der Waals surface area contributed by atoms with Gasteiger partial charge in [0.1, 0.15) is 0 Å². The lowest BCUT2D eigenvalue weighted by molar-refractivity contribution is -0.182. The molecule has 2 nitrogen and oxygen atoms in total. The number of hydroxylamine groups is 2. The molecule has 30 heavy (non-hydrogen) atoms. The average Bonchev–Trinajstić information content (AvgIpc) is 2.67. The number of hydrogen-bond acceptors (Lipinski definition) is 2. The summed E-state index contributed by atoms with van der Waals surface area (Å²) in [5.41, 5.74) is -1.98. The Labute approximate surface area is 179 Å². The molecule has 0 spiro atoms. The van der Waals surface area contributed by atoms with Crippen LogP contribution in [0.2, 0.25) is 10.0 Å². The SMILES string of the molecule is FC(F)(F)c1cc(CON2CCCC(c3ccc(Cl)c(Cl)c3)C2)cc(C(F)(F)F)c1. The fourth-order valence-electron chi connectivity index (χ4n) is 3.37. The predicted molar refractivity (Wildman–Crippen MR) is 101 cm³/mol. The van der Waals surface area contributed by atoms with Crippen LogP contribution in [0.3, 0.4) is 0 Å². The van der Waals surface area contributed by atoms with Crippen molar-refractivity contribution in [2.24, 2.45) is 0 Å². The van der Waals surface area contributed by atoms with Crippen molar-refractivity contribution < 1.29 is 31.2 Å². The normalized spacial score (nSPS) is 18.6. The van der Waals surface area contributed by atoms with Crippen LogP contribution in [0.4, 0.5) is 26.3 Å². The summed E-state index contributed by atoms with van der Waals surface area (Å²) in [6.07, 6.45) is -8.18. The van der Waals surface area contributed by atoms with Crippen molar-refractivity contribution in [1.82, 2.24) is 5.06 Å². The molecule has 1 heterocycles. The van der Waals surface area contributed by atoms with E-state index >= 15 is 0 Å². The molecule has 0 aromatic heterocycles. The predicted octanol–water partition coefficient (Wildman–Crippen LogP) is 7.34. The molecule has 1 saturated heterocycles. The maximum Gasteiger partial charge on any atom is 0.416 e. The summed E-state index contributed by atoms with van der Waals surface area (Å²) >= 11 is 12.0. The second-order valence-corrected chi connectivity index (χ2v) is 7.90. The third kappa shape index (κ3) is 5.81.